The van der Waals surface area contributed by atoms with E-state index >= 15 is 0 Å². The van der Waals surface area contributed by atoms with Crippen LogP contribution >= 0.6 is 0 Å². The van der Waals surface area contributed by atoms with Crippen LogP contribution in [0.2, 0.25) is 0 Å². The molecule has 0 aliphatic carbocycles. The number of rotatable bonds is 6. The SMILES string of the molecule is COc1ccc2c(c1)CCN1Cc3cc(OC)c(OS(=O)(=O)c4c(F)c(F)c(OC)c(F)c4F)cc3CC21. The van der Waals surface area contributed by atoms with Crippen molar-refractivity contribution in [3.63, 3.8) is 0 Å². The first-order valence-electron chi connectivity index (χ1n) is 11.5. The average Bonchev–Trinajstić information content (AvgIpc) is 2.90. The van der Waals surface area contributed by atoms with Gasteiger partial charge in [0.2, 0.25) is 11.6 Å². The molecule has 2 heterocycles. The molecule has 202 valence electrons. The topological polar surface area (TPSA) is 74.3 Å². The van der Waals surface area contributed by atoms with Gasteiger partial charge in [0.1, 0.15) is 5.75 Å². The smallest absolute Gasteiger partial charge is 0.345 e. The molecule has 0 saturated carbocycles. The fourth-order valence-corrected chi connectivity index (χ4v) is 6.15. The van der Waals surface area contributed by atoms with Gasteiger partial charge in [-0.1, -0.05) is 6.07 Å². The van der Waals surface area contributed by atoms with Crippen molar-refractivity contribution < 1.29 is 44.4 Å². The predicted molar refractivity (Wildman–Crippen MR) is 127 cm³/mol. The fraction of sp³-hybridized carbons (Fsp3) is 0.308. The molecule has 5 rings (SSSR count). The molecule has 0 radical (unpaired) electrons. The lowest BCUT2D eigenvalue weighted by atomic mass is 9.84. The van der Waals surface area contributed by atoms with Gasteiger partial charge in [0, 0.05) is 19.1 Å². The van der Waals surface area contributed by atoms with E-state index in [1.807, 2.05) is 18.2 Å². The molecule has 0 spiro atoms. The molecule has 3 aromatic carbocycles. The summed E-state index contributed by atoms with van der Waals surface area (Å²) in [6.45, 7) is 1.35. The summed E-state index contributed by atoms with van der Waals surface area (Å²) in [5, 5.41) is 0. The van der Waals surface area contributed by atoms with Crippen molar-refractivity contribution in [3.05, 3.63) is 75.9 Å². The summed E-state index contributed by atoms with van der Waals surface area (Å²) in [5.74, 6) is -9.36. The van der Waals surface area contributed by atoms with Crippen LogP contribution in [0, 0.1) is 23.3 Å². The van der Waals surface area contributed by atoms with E-state index in [4.69, 9.17) is 13.7 Å². The quantitative estimate of drug-likeness (QED) is 0.249. The van der Waals surface area contributed by atoms with Crippen LogP contribution in [0.15, 0.2) is 35.2 Å². The standard InChI is InChI=1S/C26H23F4NO6S/c1-34-16-4-5-17-13(8-16)6-7-31-12-15-11-19(35-2)20(10-14(15)9-18(17)31)37-38(32,33)26-23(29)21(27)25(36-3)22(28)24(26)30/h4-5,8,10-11,18H,6-7,9,12H2,1-3H3. The summed E-state index contributed by atoms with van der Waals surface area (Å²) in [6.07, 6.45) is 1.32. The fourth-order valence-electron chi connectivity index (χ4n) is 5.08. The van der Waals surface area contributed by atoms with Crippen molar-refractivity contribution in [2.24, 2.45) is 0 Å². The van der Waals surface area contributed by atoms with Gasteiger partial charge in [0.05, 0.1) is 21.3 Å². The monoisotopic (exact) mass is 553 g/mol. The van der Waals surface area contributed by atoms with E-state index in [9.17, 15) is 26.0 Å². The summed E-state index contributed by atoms with van der Waals surface area (Å²) in [7, 11) is -1.72. The molecule has 0 saturated heterocycles. The highest BCUT2D eigenvalue weighted by Gasteiger charge is 2.37. The summed E-state index contributed by atoms with van der Waals surface area (Å²) < 4.78 is 103. The number of halogens is 4. The van der Waals surface area contributed by atoms with Crippen molar-refractivity contribution in [1.82, 2.24) is 4.90 Å². The largest absolute Gasteiger partial charge is 0.497 e. The predicted octanol–water partition coefficient (Wildman–Crippen LogP) is 4.69. The molecule has 38 heavy (non-hydrogen) atoms. The van der Waals surface area contributed by atoms with Crippen LogP contribution in [0.4, 0.5) is 17.6 Å². The molecule has 12 heteroatoms. The zero-order chi connectivity index (χ0) is 27.4. The number of nitrogens with zero attached hydrogens (tertiary/aromatic N) is 1. The molecule has 3 aromatic rings. The summed E-state index contributed by atoms with van der Waals surface area (Å²) in [5.41, 5.74) is 3.85. The van der Waals surface area contributed by atoms with Crippen molar-refractivity contribution in [1.29, 1.82) is 0 Å². The number of fused-ring (bicyclic) bond motifs is 4. The van der Waals surface area contributed by atoms with Crippen LogP contribution in [-0.4, -0.2) is 41.2 Å². The molecular formula is C26H23F4NO6S. The van der Waals surface area contributed by atoms with Crippen LogP contribution in [0.1, 0.15) is 28.3 Å². The Hall–Kier alpha value is -3.51. The van der Waals surface area contributed by atoms with Crippen LogP contribution in [0.3, 0.4) is 0 Å². The molecule has 2 aliphatic rings. The number of ether oxygens (including phenoxy) is 3. The maximum absolute atomic E-state index is 14.6. The van der Waals surface area contributed by atoms with Gasteiger partial charge >= 0.3 is 10.1 Å². The van der Waals surface area contributed by atoms with Crippen molar-refractivity contribution >= 4 is 10.1 Å². The van der Waals surface area contributed by atoms with Gasteiger partial charge in [-0.3, -0.25) is 4.90 Å². The van der Waals surface area contributed by atoms with Gasteiger partial charge in [0.15, 0.2) is 33.8 Å². The second-order valence-electron chi connectivity index (χ2n) is 8.93. The maximum atomic E-state index is 14.6. The Balaban J connectivity index is 1.53. The van der Waals surface area contributed by atoms with Gasteiger partial charge in [0.25, 0.3) is 0 Å². The summed E-state index contributed by atoms with van der Waals surface area (Å²) in [4.78, 5) is 0.385. The first-order chi connectivity index (χ1) is 18.1. The number of methoxy groups -OCH3 is 3. The van der Waals surface area contributed by atoms with Crippen LogP contribution in [0.25, 0.3) is 0 Å². The van der Waals surface area contributed by atoms with Crippen molar-refractivity contribution in [2.45, 2.75) is 30.3 Å². The Morgan fingerprint density at radius 3 is 2.13 bits per heavy atom. The highest BCUT2D eigenvalue weighted by atomic mass is 32.2. The van der Waals surface area contributed by atoms with E-state index in [0.717, 1.165) is 48.1 Å². The lowest BCUT2D eigenvalue weighted by Crippen LogP contribution is -2.39. The van der Waals surface area contributed by atoms with E-state index in [1.165, 1.54) is 13.2 Å². The normalized spacial score (nSPS) is 16.8. The molecule has 1 atom stereocenters. The lowest BCUT2D eigenvalue weighted by Gasteiger charge is -2.41. The Morgan fingerprint density at radius 2 is 1.50 bits per heavy atom. The van der Waals surface area contributed by atoms with Crippen molar-refractivity contribution in [3.8, 4) is 23.0 Å². The molecule has 2 aliphatic heterocycles. The number of hydrogen-bond acceptors (Lipinski definition) is 7. The number of benzene rings is 3. The van der Waals surface area contributed by atoms with Crippen LogP contribution in [-0.2, 0) is 29.5 Å². The Morgan fingerprint density at radius 1 is 0.816 bits per heavy atom. The van der Waals surface area contributed by atoms with Gasteiger partial charge in [-0.05, 0) is 59.4 Å². The minimum Gasteiger partial charge on any atom is -0.497 e. The number of hydrogen-bond donors (Lipinski definition) is 0. The van der Waals surface area contributed by atoms with Crippen LogP contribution < -0.4 is 18.4 Å². The minimum atomic E-state index is -5.37. The molecule has 0 N–H and O–H groups in total. The summed E-state index contributed by atoms with van der Waals surface area (Å²) >= 11 is 0. The molecule has 0 aromatic heterocycles. The van der Waals surface area contributed by atoms with E-state index < -0.39 is 44.0 Å². The molecule has 0 bridgehead atoms. The van der Waals surface area contributed by atoms with E-state index in [0.29, 0.717) is 13.0 Å². The maximum Gasteiger partial charge on any atom is 0.345 e. The van der Waals surface area contributed by atoms with Crippen molar-refractivity contribution in [2.75, 3.05) is 27.9 Å². The molecule has 1 unspecified atom stereocenters. The second kappa shape index (κ2) is 9.66. The van der Waals surface area contributed by atoms with E-state index in [1.54, 1.807) is 13.2 Å². The first-order valence-corrected chi connectivity index (χ1v) is 13.0. The second-order valence-corrected chi connectivity index (χ2v) is 10.4. The minimum absolute atomic E-state index is 0.00493. The van der Waals surface area contributed by atoms with Gasteiger partial charge in [-0.25, -0.2) is 8.78 Å². The third kappa shape index (κ3) is 4.21. The zero-order valence-electron chi connectivity index (χ0n) is 20.6. The van der Waals surface area contributed by atoms with Gasteiger partial charge in [-0.2, -0.15) is 17.2 Å². The molecule has 7 nitrogen and oxygen atoms in total. The Kier molecular flexibility index (Phi) is 6.64. The lowest BCUT2D eigenvalue weighted by molar-refractivity contribution is 0.160. The third-order valence-electron chi connectivity index (χ3n) is 6.93. The average molecular weight is 554 g/mol. The van der Waals surface area contributed by atoms with E-state index in [-0.39, 0.29) is 17.5 Å². The zero-order valence-corrected chi connectivity index (χ0v) is 21.4. The first kappa shape index (κ1) is 26.1. The molecule has 0 amide bonds. The Labute approximate surface area is 216 Å². The highest BCUT2D eigenvalue weighted by Crippen LogP contribution is 2.43. The Bertz CT molecular complexity index is 1520. The summed E-state index contributed by atoms with van der Waals surface area (Å²) in [6, 6.07) is 8.86. The van der Waals surface area contributed by atoms with Gasteiger partial charge in [-0.15, -0.1) is 0 Å². The molecule has 0 fully saturated rings. The van der Waals surface area contributed by atoms with E-state index in [2.05, 4.69) is 9.64 Å². The highest BCUT2D eigenvalue weighted by molar-refractivity contribution is 7.87. The molecular weight excluding hydrogens is 530 g/mol. The van der Waals surface area contributed by atoms with Gasteiger partial charge < -0.3 is 18.4 Å². The van der Waals surface area contributed by atoms with Crippen LogP contribution in [0.5, 0.6) is 23.0 Å². The third-order valence-corrected chi connectivity index (χ3v) is 8.18.